The van der Waals surface area contributed by atoms with Crippen molar-refractivity contribution in [2.24, 2.45) is 0 Å². The van der Waals surface area contributed by atoms with E-state index in [1.54, 1.807) is 6.07 Å². The van der Waals surface area contributed by atoms with Gasteiger partial charge in [-0.2, -0.15) is 0 Å². The Bertz CT molecular complexity index is 860. The first-order valence-corrected chi connectivity index (χ1v) is 9.45. The van der Waals surface area contributed by atoms with E-state index < -0.39 is 0 Å². The SMILES string of the molecule is O=C(COc1ccc2c(c1)CCC(=O)N2)Nc1ccc(N2CCOCC2)cc1. The first-order valence-electron chi connectivity index (χ1n) is 9.45. The number of carbonyl (C=O) groups is 2. The number of hydrogen-bond acceptors (Lipinski definition) is 5. The number of aryl methyl sites for hydroxylation is 1. The van der Waals surface area contributed by atoms with E-state index in [0.29, 0.717) is 18.6 Å². The molecule has 28 heavy (non-hydrogen) atoms. The minimum atomic E-state index is -0.217. The largest absolute Gasteiger partial charge is 0.484 e. The summed E-state index contributed by atoms with van der Waals surface area (Å²) in [6.45, 7) is 3.17. The van der Waals surface area contributed by atoms with Gasteiger partial charge in [0.2, 0.25) is 5.91 Å². The normalized spacial score (nSPS) is 16.1. The van der Waals surface area contributed by atoms with Crippen LogP contribution >= 0.6 is 0 Å². The number of fused-ring (bicyclic) bond motifs is 1. The fraction of sp³-hybridized carbons (Fsp3) is 0.333. The lowest BCUT2D eigenvalue weighted by molar-refractivity contribution is -0.118. The molecule has 0 spiro atoms. The van der Waals surface area contributed by atoms with Crippen LogP contribution in [0.1, 0.15) is 12.0 Å². The van der Waals surface area contributed by atoms with Gasteiger partial charge in [-0.25, -0.2) is 0 Å². The molecule has 2 aromatic rings. The molecule has 2 N–H and O–H groups in total. The number of hydrogen-bond donors (Lipinski definition) is 2. The summed E-state index contributed by atoms with van der Waals surface area (Å²) >= 11 is 0. The summed E-state index contributed by atoms with van der Waals surface area (Å²) in [5, 5.41) is 5.67. The molecule has 0 atom stereocenters. The van der Waals surface area contributed by atoms with Crippen molar-refractivity contribution >= 4 is 28.9 Å². The number of carbonyl (C=O) groups excluding carboxylic acids is 2. The summed E-state index contributed by atoms with van der Waals surface area (Å²) in [7, 11) is 0. The maximum absolute atomic E-state index is 12.2. The molecule has 0 saturated carbocycles. The van der Waals surface area contributed by atoms with Gasteiger partial charge >= 0.3 is 0 Å². The summed E-state index contributed by atoms with van der Waals surface area (Å²) < 4.78 is 11.0. The van der Waals surface area contributed by atoms with E-state index in [4.69, 9.17) is 9.47 Å². The number of anilines is 3. The van der Waals surface area contributed by atoms with E-state index in [-0.39, 0.29) is 18.4 Å². The molecule has 0 aromatic heterocycles. The van der Waals surface area contributed by atoms with Gasteiger partial charge in [-0.15, -0.1) is 0 Å². The molecule has 2 aliphatic heterocycles. The summed E-state index contributed by atoms with van der Waals surface area (Å²) in [5.41, 5.74) is 3.70. The van der Waals surface area contributed by atoms with Crippen molar-refractivity contribution in [1.29, 1.82) is 0 Å². The third kappa shape index (κ3) is 4.43. The first-order chi connectivity index (χ1) is 13.7. The van der Waals surface area contributed by atoms with Crippen LogP contribution in [0.4, 0.5) is 17.1 Å². The highest BCUT2D eigenvalue weighted by Gasteiger charge is 2.15. The Morgan fingerprint density at radius 1 is 1.11 bits per heavy atom. The van der Waals surface area contributed by atoms with Crippen molar-refractivity contribution in [2.45, 2.75) is 12.8 Å². The van der Waals surface area contributed by atoms with Gasteiger partial charge in [0.15, 0.2) is 6.61 Å². The van der Waals surface area contributed by atoms with Crippen LogP contribution in [0.5, 0.6) is 5.75 Å². The summed E-state index contributed by atoms with van der Waals surface area (Å²) in [6, 6.07) is 13.2. The molecule has 0 radical (unpaired) electrons. The topological polar surface area (TPSA) is 79.9 Å². The second kappa shape index (κ2) is 8.31. The van der Waals surface area contributed by atoms with Crippen LogP contribution in [0, 0.1) is 0 Å². The van der Waals surface area contributed by atoms with E-state index in [9.17, 15) is 9.59 Å². The van der Waals surface area contributed by atoms with Gasteiger partial charge in [0.1, 0.15) is 5.75 Å². The molecule has 0 aliphatic carbocycles. The molecule has 7 nitrogen and oxygen atoms in total. The minimum Gasteiger partial charge on any atom is -0.484 e. The first kappa shape index (κ1) is 18.3. The van der Waals surface area contributed by atoms with E-state index >= 15 is 0 Å². The highest BCUT2D eigenvalue weighted by atomic mass is 16.5. The van der Waals surface area contributed by atoms with E-state index in [1.165, 1.54) is 0 Å². The standard InChI is InChI=1S/C21H23N3O4/c25-20-8-1-15-13-18(6-7-19(15)23-20)28-14-21(26)22-16-2-4-17(5-3-16)24-9-11-27-12-10-24/h2-7,13H,1,8-12,14H2,(H,22,26)(H,23,25). The van der Waals surface area contributed by atoms with Crippen molar-refractivity contribution in [2.75, 3.05) is 48.4 Å². The predicted molar refractivity (Wildman–Crippen MR) is 107 cm³/mol. The highest BCUT2D eigenvalue weighted by molar-refractivity contribution is 5.94. The zero-order valence-corrected chi connectivity index (χ0v) is 15.6. The third-order valence-electron chi connectivity index (χ3n) is 4.87. The summed E-state index contributed by atoms with van der Waals surface area (Å²) in [6.07, 6.45) is 1.15. The number of amides is 2. The zero-order chi connectivity index (χ0) is 19.3. The van der Waals surface area contributed by atoms with Crippen LogP contribution in [0.25, 0.3) is 0 Å². The zero-order valence-electron chi connectivity index (χ0n) is 15.6. The van der Waals surface area contributed by atoms with Crippen LogP contribution < -0.4 is 20.3 Å². The average Bonchev–Trinajstić information content (AvgIpc) is 2.73. The van der Waals surface area contributed by atoms with Crippen LogP contribution in [0.15, 0.2) is 42.5 Å². The second-order valence-corrected chi connectivity index (χ2v) is 6.85. The van der Waals surface area contributed by atoms with Crippen molar-refractivity contribution < 1.29 is 19.1 Å². The van der Waals surface area contributed by atoms with E-state index in [1.807, 2.05) is 36.4 Å². The molecule has 2 heterocycles. The molecule has 4 rings (SSSR count). The molecular weight excluding hydrogens is 358 g/mol. The molecule has 0 unspecified atom stereocenters. The van der Waals surface area contributed by atoms with E-state index in [2.05, 4.69) is 15.5 Å². The molecule has 2 amide bonds. The van der Waals surface area contributed by atoms with Crippen molar-refractivity contribution in [3.05, 3.63) is 48.0 Å². The predicted octanol–water partition coefficient (Wildman–Crippen LogP) is 2.43. The minimum absolute atomic E-state index is 0.0279. The fourth-order valence-electron chi connectivity index (χ4n) is 3.37. The molecule has 7 heteroatoms. The van der Waals surface area contributed by atoms with Crippen LogP contribution in [-0.2, 0) is 20.7 Å². The number of rotatable bonds is 5. The highest BCUT2D eigenvalue weighted by Crippen LogP contribution is 2.26. The lowest BCUT2D eigenvalue weighted by atomic mass is 10.0. The number of ether oxygens (including phenoxy) is 2. The number of morpholine rings is 1. The quantitative estimate of drug-likeness (QED) is 0.832. The molecule has 0 bridgehead atoms. The van der Waals surface area contributed by atoms with Crippen molar-refractivity contribution in [3.8, 4) is 5.75 Å². The molecular formula is C21H23N3O4. The Morgan fingerprint density at radius 3 is 2.68 bits per heavy atom. The van der Waals surface area contributed by atoms with Gasteiger partial charge in [-0.1, -0.05) is 0 Å². The Balaban J connectivity index is 1.29. The Kier molecular flexibility index (Phi) is 5.43. The lowest BCUT2D eigenvalue weighted by Crippen LogP contribution is -2.36. The van der Waals surface area contributed by atoms with Gasteiger partial charge < -0.3 is 25.0 Å². The molecule has 1 fully saturated rings. The van der Waals surface area contributed by atoms with Gasteiger partial charge in [-0.3, -0.25) is 9.59 Å². The Morgan fingerprint density at radius 2 is 1.89 bits per heavy atom. The Hall–Kier alpha value is -3.06. The van der Waals surface area contributed by atoms with Crippen molar-refractivity contribution in [3.63, 3.8) is 0 Å². The summed E-state index contributed by atoms with van der Waals surface area (Å²) in [4.78, 5) is 25.9. The van der Waals surface area contributed by atoms with E-state index in [0.717, 1.165) is 48.9 Å². The lowest BCUT2D eigenvalue weighted by Gasteiger charge is -2.28. The molecule has 2 aliphatic rings. The van der Waals surface area contributed by atoms with Gasteiger partial charge in [0.25, 0.3) is 5.91 Å². The van der Waals surface area contributed by atoms with Gasteiger partial charge in [0.05, 0.1) is 13.2 Å². The maximum atomic E-state index is 12.2. The van der Waals surface area contributed by atoms with Crippen LogP contribution in [0.2, 0.25) is 0 Å². The fourth-order valence-corrected chi connectivity index (χ4v) is 3.37. The third-order valence-corrected chi connectivity index (χ3v) is 4.87. The summed E-state index contributed by atoms with van der Waals surface area (Å²) in [5.74, 6) is 0.429. The number of nitrogens with one attached hydrogen (secondary N) is 2. The average molecular weight is 381 g/mol. The molecule has 2 aromatic carbocycles. The molecule has 1 saturated heterocycles. The number of benzene rings is 2. The smallest absolute Gasteiger partial charge is 0.262 e. The van der Waals surface area contributed by atoms with Gasteiger partial charge in [0, 0.05) is 36.6 Å². The Labute approximate surface area is 163 Å². The van der Waals surface area contributed by atoms with Gasteiger partial charge in [-0.05, 0) is 54.4 Å². The number of nitrogens with zero attached hydrogens (tertiary/aromatic N) is 1. The maximum Gasteiger partial charge on any atom is 0.262 e. The monoisotopic (exact) mass is 381 g/mol. The van der Waals surface area contributed by atoms with Crippen molar-refractivity contribution in [1.82, 2.24) is 0 Å². The van der Waals surface area contributed by atoms with Crippen LogP contribution in [0.3, 0.4) is 0 Å². The second-order valence-electron chi connectivity index (χ2n) is 6.85. The molecule has 146 valence electrons. The van der Waals surface area contributed by atoms with Crippen LogP contribution in [-0.4, -0.2) is 44.7 Å².